The minimum atomic E-state index is 0.334. The Morgan fingerprint density at radius 2 is 2.11 bits per heavy atom. The predicted molar refractivity (Wildman–Crippen MR) is 87.0 cm³/mol. The Morgan fingerprint density at radius 3 is 2.83 bits per heavy atom. The molecule has 0 radical (unpaired) electrons. The second-order valence-electron chi connectivity index (χ2n) is 3.93. The van der Waals surface area contributed by atoms with E-state index in [-0.39, 0.29) is 0 Å². The van der Waals surface area contributed by atoms with Crippen molar-refractivity contribution < 1.29 is 0 Å². The van der Waals surface area contributed by atoms with Gasteiger partial charge in [0.1, 0.15) is 0 Å². The molecular formula is C13H9Br2NS2. The van der Waals surface area contributed by atoms with Crippen LogP contribution in [0.1, 0.15) is 15.4 Å². The highest BCUT2D eigenvalue weighted by Gasteiger charge is 2.13. The van der Waals surface area contributed by atoms with E-state index in [2.05, 4.69) is 66.5 Å². The van der Waals surface area contributed by atoms with Crippen molar-refractivity contribution in [2.75, 3.05) is 0 Å². The molecule has 0 aliphatic rings. The summed E-state index contributed by atoms with van der Waals surface area (Å²) in [6.07, 6.45) is 0.933. The van der Waals surface area contributed by atoms with E-state index in [9.17, 15) is 0 Å². The Morgan fingerprint density at radius 1 is 1.28 bits per heavy atom. The molecule has 5 heteroatoms. The zero-order chi connectivity index (χ0) is 12.5. The van der Waals surface area contributed by atoms with Gasteiger partial charge in [-0.05, 0) is 45.1 Å². The van der Waals surface area contributed by atoms with E-state index in [1.54, 1.807) is 22.7 Å². The van der Waals surface area contributed by atoms with Crippen molar-refractivity contribution in [1.82, 2.24) is 4.98 Å². The Hall–Kier alpha value is -0.230. The Balaban J connectivity index is 1.83. The monoisotopic (exact) mass is 401 g/mol. The number of hydrogen-bond acceptors (Lipinski definition) is 3. The maximum atomic E-state index is 4.67. The number of halogens is 2. The lowest BCUT2D eigenvalue weighted by Gasteiger charge is -2.04. The van der Waals surface area contributed by atoms with Gasteiger partial charge in [-0.3, -0.25) is 0 Å². The SMILES string of the molecule is Brc1cc(C(Br)Cc2nc3ccccc3s2)cs1. The molecule has 1 aromatic carbocycles. The quantitative estimate of drug-likeness (QED) is 0.504. The number of aromatic nitrogens is 1. The van der Waals surface area contributed by atoms with E-state index < -0.39 is 0 Å². The highest BCUT2D eigenvalue weighted by molar-refractivity contribution is 9.11. The van der Waals surface area contributed by atoms with Gasteiger partial charge in [0, 0.05) is 11.2 Å². The van der Waals surface area contributed by atoms with Gasteiger partial charge in [0.15, 0.2) is 0 Å². The van der Waals surface area contributed by atoms with E-state index in [0.717, 1.165) is 11.9 Å². The summed E-state index contributed by atoms with van der Waals surface area (Å²) in [4.78, 5) is 5.00. The third kappa shape index (κ3) is 2.69. The molecule has 0 fully saturated rings. The number of nitrogens with zero attached hydrogens (tertiary/aromatic N) is 1. The highest BCUT2D eigenvalue weighted by atomic mass is 79.9. The molecule has 18 heavy (non-hydrogen) atoms. The van der Waals surface area contributed by atoms with Crippen molar-refractivity contribution in [1.29, 1.82) is 0 Å². The standard InChI is InChI=1S/C13H9Br2NS2/c14-9(8-5-12(15)17-7-8)6-13-16-10-3-1-2-4-11(10)18-13/h1-5,7,9H,6H2. The van der Waals surface area contributed by atoms with E-state index in [1.165, 1.54) is 19.1 Å². The number of fused-ring (bicyclic) bond motifs is 1. The van der Waals surface area contributed by atoms with Crippen LogP contribution >= 0.6 is 54.5 Å². The number of rotatable bonds is 3. The van der Waals surface area contributed by atoms with Crippen LogP contribution in [-0.4, -0.2) is 4.98 Å². The summed E-state index contributed by atoms with van der Waals surface area (Å²) >= 11 is 10.7. The number of hydrogen-bond donors (Lipinski definition) is 0. The van der Waals surface area contributed by atoms with Crippen LogP contribution in [0.15, 0.2) is 39.5 Å². The third-order valence-electron chi connectivity index (χ3n) is 2.64. The molecule has 2 aromatic heterocycles. The maximum absolute atomic E-state index is 4.67. The fourth-order valence-corrected chi connectivity index (χ4v) is 4.97. The number of benzene rings is 1. The predicted octanol–water partition coefficient (Wildman–Crippen LogP) is 5.80. The summed E-state index contributed by atoms with van der Waals surface area (Å²) in [7, 11) is 0. The van der Waals surface area contributed by atoms with Crippen LogP contribution in [-0.2, 0) is 6.42 Å². The van der Waals surface area contributed by atoms with Crippen LogP contribution in [0, 0.1) is 0 Å². The van der Waals surface area contributed by atoms with E-state index in [0.29, 0.717) is 4.83 Å². The molecule has 0 aliphatic heterocycles. The second kappa shape index (κ2) is 5.41. The minimum Gasteiger partial charge on any atom is -0.241 e. The first-order valence-electron chi connectivity index (χ1n) is 5.45. The third-order valence-corrected chi connectivity index (χ3v) is 6.08. The first-order valence-corrected chi connectivity index (χ1v) is 8.85. The molecule has 3 aromatic rings. The fraction of sp³-hybridized carbons (Fsp3) is 0.154. The topological polar surface area (TPSA) is 12.9 Å². The summed E-state index contributed by atoms with van der Waals surface area (Å²) in [6, 6.07) is 10.5. The molecule has 1 unspecified atom stereocenters. The van der Waals surface area contributed by atoms with Crippen LogP contribution < -0.4 is 0 Å². The zero-order valence-corrected chi connectivity index (χ0v) is 14.1. The second-order valence-corrected chi connectivity index (χ2v) is 8.44. The minimum absolute atomic E-state index is 0.334. The molecule has 1 nitrogen and oxygen atoms in total. The summed E-state index contributed by atoms with van der Waals surface area (Å²) < 4.78 is 2.44. The Kier molecular flexibility index (Phi) is 3.84. The average molecular weight is 403 g/mol. The normalized spacial score (nSPS) is 13.0. The van der Waals surface area contributed by atoms with Gasteiger partial charge < -0.3 is 0 Å². The highest BCUT2D eigenvalue weighted by Crippen LogP contribution is 2.34. The van der Waals surface area contributed by atoms with Crippen molar-refractivity contribution in [2.24, 2.45) is 0 Å². The molecule has 3 rings (SSSR count). The average Bonchev–Trinajstić information content (AvgIpc) is 2.94. The van der Waals surface area contributed by atoms with Crippen molar-refractivity contribution in [3.63, 3.8) is 0 Å². The molecule has 0 saturated carbocycles. The van der Waals surface area contributed by atoms with Gasteiger partial charge in [0.25, 0.3) is 0 Å². The number of para-hydroxylation sites is 1. The lowest BCUT2D eigenvalue weighted by molar-refractivity contribution is 0.943. The Bertz CT molecular complexity index is 641. The molecule has 0 bridgehead atoms. The van der Waals surface area contributed by atoms with Crippen LogP contribution in [0.4, 0.5) is 0 Å². The van der Waals surface area contributed by atoms with Crippen molar-refractivity contribution in [2.45, 2.75) is 11.2 Å². The molecule has 1 atom stereocenters. The van der Waals surface area contributed by atoms with Crippen molar-refractivity contribution >= 4 is 64.8 Å². The number of thiophene rings is 1. The molecule has 0 aliphatic carbocycles. The van der Waals surface area contributed by atoms with Gasteiger partial charge in [-0.1, -0.05) is 28.1 Å². The van der Waals surface area contributed by atoms with Gasteiger partial charge in [-0.25, -0.2) is 4.98 Å². The molecule has 2 heterocycles. The van der Waals surface area contributed by atoms with Gasteiger partial charge in [0.2, 0.25) is 0 Å². The summed E-state index contributed by atoms with van der Waals surface area (Å²) in [5.41, 5.74) is 2.41. The molecule has 92 valence electrons. The maximum Gasteiger partial charge on any atom is 0.0953 e. The van der Waals surface area contributed by atoms with Gasteiger partial charge in [0.05, 0.1) is 19.0 Å². The number of thiazole rings is 1. The molecule has 0 spiro atoms. The first-order chi connectivity index (χ1) is 8.72. The van der Waals surface area contributed by atoms with E-state index in [1.807, 2.05) is 6.07 Å². The van der Waals surface area contributed by atoms with Crippen molar-refractivity contribution in [3.05, 3.63) is 50.1 Å². The first kappa shape index (κ1) is 12.8. The van der Waals surface area contributed by atoms with Gasteiger partial charge in [-0.15, -0.1) is 22.7 Å². The van der Waals surface area contributed by atoms with Crippen LogP contribution in [0.5, 0.6) is 0 Å². The fourth-order valence-electron chi connectivity index (χ4n) is 1.77. The lowest BCUT2D eigenvalue weighted by Crippen LogP contribution is -1.92. The molecular weight excluding hydrogens is 394 g/mol. The van der Waals surface area contributed by atoms with Crippen LogP contribution in [0.3, 0.4) is 0 Å². The van der Waals surface area contributed by atoms with Crippen LogP contribution in [0.25, 0.3) is 10.2 Å². The zero-order valence-electron chi connectivity index (χ0n) is 9.27. The summed E-state index contributed by atoms with van der Waals surface area (Å²) in [5.74, 6) is 0. The largest absolute Gasteiger partial charge is 0.241 e. The van der Waals surface area contributed by atoms with Crippen molar-refractivity contribution in [3.8, 4) is 0 Å². The Labute approximate surface area is 130 Å². The lowest BCUT2D eigenvalue weighted by atomic mass is 10.2. The molecule has 0 amide bonds. The van der Waals surface area contributed by atoms with Gasteiger partial charge in [-0.2, -0.15) is 0 Å². The van der Waals surface area contributed by atoms with Crippen LogP contribution in [0.2, 0.25) is 0 Å². The van der Waals surface area contributed by atoms with Gasteiger partial charge >= 0.3 is 0 Å². The van der Waals surface area contributed by atoms with E-state index >= 15 is 0 Å². The molecule has 0 saturated heterocycles. The summed E-state index contributed by atoms with van der Waals surface area (Å²) in [5, 5.41) is 3.36. The van der Waals surface area contributed by atoms with E-state index in [4.69, 9.17) is 0 Å². The number of alkyl halides is 1. The smallest absolute Gasteiger partial charge is 0.0953 e. The summed E-state index contributed by atoms with van der Waals surface area (Å²) in [6.45, 7) is 0. The molecule has 0 N–H and O–H groups in total.